The van der Waals surface area contributed by atoms with Gasteiger partial charge in [0, 0.05) is 64.9 Å². The van der Waals surface area contributed by atoms with E-state index in [9.17, 15) is 9.59 Å². The first-order chi connectivity index (χ1) is 16.1. The maximum atomic E-state index is 12.1. The number of aryl methyl sites for hydroxylation is 1. The molecule has 2 saturated heterocycles. The van der Waals surface area contributed by atoms with Gasteiger partial charge in [-0.25, -0.2) is 0 Å². The van der Waals surface area contributed by atoms with Crippen molar-refractivity contribution in [1.29, 1.82) is 0 Å². The van der Waals surface area contributed by atoms with Crippen LogP contribution in [0.25, 0.3) is 21.3 Å². The Morgan fingerprint density at radius 2 is 1.97 bits per heavy atom. The molecule has 5 heterocycles. The van der Waals surface area contributed by atoms with E-state index in [0.29, 0.717) is 25.4 Å². The number of halogens is 1. The number of nitrogens with zero attached hydrogens (tertiary/aromatic N) is 3. The van der Waals surface area contributed by atoms with Gasteiger partial charge in [0.2, 0.25) is 11.8 Å². The lowest BCUT2D eigenvalue weighted by molar-refractivity contribution is -0.138. The van der Waals surface area contributed by atoms with Crippen LogP contribution in [-0.4, -0.2) is 47.4 Å². The molecule has 2 aromatic heterocycles. The fourth-order valence-electron chi connectivity index (χ4n) is 5.45. The van der Waals surface area contributed by atoms with Crippen molar-refractivity contribution in [2.75, 3.05) is 24.5 Å². The Hall–Kier alpha value is -2.48. The first-order valence-electron chi connectivity index (χ1n) is 11.6. The lowest BCUT2D eigenvalue weighted by Crippen LogP contribution is -2.40. The van der Waals surface area contributed by atoms with Crippen molar-refractivity contribution < 1.29 is 9.59 Å². The molecule has 0 aliphatic carbocycles. The van der Waals surface area contributed by atoms with E-state index >= 15 is 0 Å². The third-order valence-corrected chi connectivity index (χ3v) is 8.34. The van der Waals surface area contributed by atoms with E-state index in [4.69, 9.17) is 11.6 Å². The highest BCUT2D eigenvalue weighted by molar-refractivity contribution is 7.19. The third-order valence-electron chi connectivity index (χ3n) is 6.98. The lowest BCUT2D eigenvalue weighted by atomic mass is 9.92. The summed E-state index contributed by atoms with van der Waals surface area (Å²) in [5, 5.41) is 4.26. The molecule has 3 aliphatic rings. The largest absolute Gasteiger partial charge is 0.366 e. The number of hydrogen-bond acceptors (Lipinski definition) is 6. The summed E-state index contributed by atoms with van der Waals surface area (Å²) in [6.45, 7) is 3.44. The second kappa shape index (κ2) is 8.38. The number of hydrogen-bond donors (Lipinski definition) is 1. The minimum atomic E-state index is -0.0876. The quantitative estimate of drug-likeness (QED) is 0.561. The van der Waals surface area contributed by atoms with Crippen molar-refractivity contribution in [2.45, 2.75) is 44.7 Å². The molecule has 2 fully saturated rings. The predicted molar refractivity (Wildman–Crippen MR) is 132 cm³/mol. The highest BCUT2D eigenvalue weighted by Crippen LogP contribution is 2.44. The van der Waals surface area contributed by atoms with Crippen molar-refractivity contribution in [1.82, 2.24) is 15.2 Å². The van der Waals surface area contributed by atoms with Gasteiger partial charge in [-0.2, -0.15) is 0 Å². The average Bonchev–Trinajstić information content (AvgIpc) is 3.55. The molecular weight excluding hydrogens is 456 g/mol. The zero-order chi connectivity index (χ0) is 22.5. The standard InChI is InChI=1S/C25H25ClN4O2S/c26-16-10-15-2-1-9-29(17-5-7-27-13-17)24(15)20(11-16)19-6-8-28-21-12-18(33-25(19)21)14-30-22(31)3-4-23(30)32/h6,8,10-12,17,27H,1-5,7,9,13-14H2. The van der Waals surface area contributed by atoms with Crippen LogP contribution in [0.1, 0.15) is 36.1 Å². The zero-order valence-corrected chi connectivity index (χ0v) is 19.8. The number of pyridine rings is 1. The Bertz CT molecular complexity index is 1250. The van der Waals surface area contributed by atoms with Crippen LogP contribution in [0.5, 0.6) is 0 Å². The van der Waals surface area contributed by atoms with Gasteiger partial charge < -0.3 is 10.2 Å². The Labute approximate surface area is 201 Å². The van der Waals surface area contributed by atoms with Crippen LogP contribution in [0.2, 0.25) is 5.02 Å². The monoisotopic (exact) mass is 480 g/mol. The summed E-state index contributed by atoms with van der Waals surface area (Å²) in [5.74, 6) is -0.175. The van der Waals surface area contributed by atoms with Gasteiger partial charge in [-0.3, -0.25) is 19.5 Å². The van der Waals surface area contributed by atoms with Crippen molar-refractivity contribution in [3.05, 3.63) is 45.9 Å². The molecule has 8 heteroatoms. The smallest absolute Gasteiger partial charge is 0.230 e. The molecule has 1 N–H and O–H groups in total. The fourth-order valence-corrected chi connectivity index (χ4v) is 6.82. The summed E-state index contributed by atoms with van der Waals surface area (Å²) >= 11 is 8.23. The van der Waals surface area contributed by atoms with Crippen LogP contribution in [0.15, 0.2) is 30.5 Å². The van der Waals surface area contributed by atoms with E-state index < -0.39 is 0 Å². The second-order valence-corrected chi connectivity index (χ2v) is 10.6. The predicted octanol–water partition coefficient (Wildman–Crippen LogP) is 4.38. The second-order valence-electron chi connectivity index (χ2n) is 9.06. The molecule has 3 aromatic rings. The van der Waals surface area contributed by atoms with E-state index in [2.05, 4.69) is 33.4 Å². The van der Waals surface area contributed by atoms with Crippen LogP contribution >= 0.6 is 22.9 Å². The molecule has 33 heavy (non-hydrogen) atoms. The topological polar surface area (TPSA) is 65.5 Å². The first-order valence-corrected chi connectivity index (χ1v) is 12.8. The van der Waals surface area contributed by atoms with Crippen molar-refractivity contribution in [2.24, 2.45) is 0 Å². The minimum absolute atomic E-state index is 0.0876. The zero-order valence-electron chi connectivity index (χ0n) is 18.3. The molecule has 0 saturated carbocycles. The number of benzene rings is 1. The first kappa shape index (κ1) is 21.1. The van der Waals surface area contributed by atoms with Gasteiger partial charge in [-0.15, -0.1) is 11.3 Å². The fraction of sp³-hybridized carbons (Fsp3) is 0.400. The minimum Gasteiger partial charge on any atom is -0.366 e. The summed E-state index contributed by atoms with van der Waals surface area (Å²) in [7, 11) is 0. The normalized spacial score (nSPS) is 20.8. The summed E-state index contributed by atoms with van der Waals surface area (Å²) in [4.78, 5) is 33.8. The molecule has 1 aromatic carbocycles. The Balaban J connectivity index is 1.46. The molecule has 2 amide bonds. The molecule has 6 rings (SSSR count). The summed E-state index contributed by atoms with van der Waals surface area (Å²) < 4.78 is 1.08. The van der Waals surface area contributed by atoms with Gasteiger partial charge in [0.15, 0.2) is 0 Å². The summed E-state index contributed by atoms with van der Waals surface area (Å²) in [5.41, 5.74) is 5.77. The van der Waals surface area contributed by atoms with E-state index in [1.807, 2.05) is 12.3 Å². The summed E-state index contributed by atoms with van der Waals surface area (Å²) in [6, 6.07) is 8.78. The molecule has 170 valence electrons. The van der Waals surface area contributed by atoms with Crippen LogP contribution in [0.3, 0.4) is 0 Å². The number of rotatable bonds is 4. The number of carbonyl (C=O) groups is 2. The molecule has 1 atom stereocenters. The molecule has 3 aliphatic heterocycles. The lowest BCUT2D eigenvalue weighted by Gasteiger charge is -2.38. The van der Waals surface area contributed by atoms with E-state index in [0.717, 1.165) is 70.1 Å². The van der Waals surface area contributed by atoms with Crippen molar-refractivity contribution in [3.63, 3.8) is 0 Å². The van der Waals surface area contributed by atoms with Crippen LogP contribution in [0.4, 0.5) is 5.69 Å². The van der Waals surface area contributed by atoms with Crippen LogP contribution < -0.4 is 10.2 Å². The number of imide groups is 1. The van der Waals surface area contributed by atoms with Gasteiger partial charge in [0.05, 0.1) is 16.8 Å². The average molecular weight is 481 g/mol. The number of nitrogens with one attached hydrogen (secondary N) is 1. The molecule has 1 unspecified atom stereocenters. The highest BCUT2D eigenvalue weighted by Gasteiger charge is 2.31. The number of likely N-dealkylation sites (tertiary alicyclic amines) is 1. The van der Waals surface area contributed by atoms with Crippen molar-refractivity contribution in [3.8, 4) is 11.1 Å². The Kier molecular flexibility index (Phi) is 5.35. The van der Waals surface area contributed by atoms with Crippen LogP contribution in [-0.2, 0) is 22.6 Å². The summed E-state index contributed by atoms with van der Waals surface area (Å²) in [6.07, 6.45) is 5.78. The van der Waals surface area contributed by atoms with Crippen molar-refractivity contribution >= 4 is 50.7 Å². The molecule has 0 bridgehead atoms. The van der Waals surface area contributed by atoms with Crippen LogP contribution in [0, 0.1) is 0 Å². The number of fused-ring (bicyclic) bond motifs is 2. The maximum Gasteiger partial charge on any atom is 0.230 e. The Morgan fingerprint density at radius 1 is 1.12 bits per heavy atom. The van der Waals surface area contributed by atoms with Gasteiger partial charge in [-0.1, -0.05) is 11.6 Å². The highest BCUT2D eigenvalue weighted by atomic mass is 35.5. The molecule has 0 radical (unpaired) electrons. The maximum absolute atomic E-state index is 12.1. The van der Waals surface area contributed by atoms with E-state index in [1.54, 1.807) is 11.3 Å². The van der Waals surface area contributed by atoms with E-state index in [1.165, 1.54) is 16.2 Å². The van der Waals surface area contributed by atoms with Gasteiger partial charge in [0.1, 0.15) is 0 Å². The van der Waals surface area contributed by atoms with Gasteiger partial charge in [-0.05, 0) is 55.6 Å². The molecule has 6 nitrogen and oxygen atoms in total. The molecule has 0 spiro atoms. The third kappa shape index (κ3) is 3.72. The number of aromatic nitrogens is 1. The molecular formula is C25H25ClN4O2S. The number of amides is 2. The Morgan fingerprint density at radius 3 is 2.76 bits per heavy atom. The van der Waals surface area contributed by atoms with Gasteiger partial charge in [0.25, 0.3) is 0 Å². The number of carbonyl (C=O) groups excluding carboxylic acids is 2. The van der Waals surface area contributed by atoms with E-state index in [-0.39, 0.29) is 11.8 Å². The SMILES string of the molecule is O=C1CCC(=O)N1Cc1cc2nccc(-c3cc(Cl)cc4c3N(C3CCNC3)CCC4)c2s1. The van der Waals surface area contributed by atoms with Gasteiger partial charge >= 0.3 is 0 Å². The number of anilines is 1. The number of thiophene rings is 1.